The van der Waals surface area contributed by atoms with Crippen LogP contribution in [0.4, 0.5) is 0 Å². The Morgan fingerprint density at radius 3 is 2.55 bits per heavy atom. The van der Waals surface area contributed by atoms with Crippen LogP contribution >= 0.6 is 0 Å². The van der Waals surface area contributed by atoms with E-state index in [2.05, 4.69) is 5.32 Å². The van der Waals surface area contributed by atoms with Crippen LogP contribution in [0.2, 0.25) is 0 Å². The minimum Gasteiger partial charge on any atom is -0.382 e. The van der Waals surface area contributed by atoms with Gasteiger partial charge in [-0.3, -0.25) is 4.79 Å². The summed E-state index contributed by atoms with van der Waals surface area (Å²) >= 11 is 0. The largest absolute Gasteiger partial charge is 0.382 e. The Labute approximate surface area is 66.9 Å². The van der Waals surface area contributed by atoms with Crippen LogP contribution in [0.5, 0.6) is 0 Å². The van der Waals surface area contributed by atoms with Crippen molar-refractivity contribution in [3.05, 3.63) is 0 Å². The molecule has 66 valence electrons. The first-order chi connectivity index (χ1) is 5.20. The van der Waals surface area contributed by atoms with Crippen LogP contribution in [0.1, 0.15) is 6.92 Å². The molecule has 0 aliphatic heterocycles. The normalized spacial score (nSPS) is 12.6. The van der Waals surface area contributed by atoms with Crippen molar-refractivity contribution in [1.29, 1.82) is 0 Å². The minimum absolute atomic E-state index is 0.0519. The van der Waals surface area contributed by atoms with Crippen LogP contribution in [0.3, 0.4) is 0 Å². The van der Waals surface area contributed by atoms with Crippen molar-refractivity contribution in [1.82, 2.24) is 5.32 Å². The smallest absolute Gasteiger partial charge is 0.216 e. The van der Waals surface area contributed by atoms with E-state index in [1.807, 2.05) is 0 Å². The Hall–Kier alpha value is -0.610. The molecule has 0 aromatic heterocycles. The van der Waals surface area contributed by atoms with Gasteiger partial charge in [0.05, 0.1) is 12.7 Å². The lowest BCUT2D eigenvalue weighted by Gasteiger charge is -2.13. The Morgan fingerprint density at radius 1 is 1.55 bits per heavy atom. The lowest BCUT2D eigenvalue weighted by atomic mass is 10.4. The number of hydrogen-bond donors (Lipinski definition) is 1. The van der Waals surface area contributed by atoms with Gasteiger partial charge in [0.2, 0.25) is 5.91 Å². The molecular formula is C7H15NO3. The number of methoxy groups -OCH3 is 2. The standard InChI is InChI=1S/C7H15NO3/c1-6(9)8-4-7(11-3)5-10-2/h7H,4-5H2,1-3H3,(H,8,9). The summed E-state index contributed by atoms with van der Waals surface area (Å²) in [6.07, 6.45) is -0.0519. The maximum atomic E-state index is 10.5. The van der Waals surface area contributed by atoms with Crippen molar-refractivity contribution < 1.29 is 14.3 Å². The third-order valence-corrected chi connectivity index (χ3v) is 1.26. The first kappa shape index (κ1) is 10.4. The van der Waals surface area contributed by atoms with Crippen molar-refractivity contribution in [2.75, 3.05) is 27.4 Å². The fraction of sp³-hybridized carbons (Fsp3) is 0.857. The number of ether oxygens (including phenoxy) is 2. The molecule has 0 aromatic rings. The SMILES string of the molecule is COCC(CNC(C)=O)OC. The van der Waals surface area contributed by atoms with Gasteiger partial charge in [0.1, 0.15) is 0 Å². The number of carbonyl (C=O) groups excluding carboxylic acids is 1. The van der Waals surface area contributed by atoms with Gasteiger partial charge in [-0.25, -0.2) is 0 Å². The molecule has 0 heterocycles. The van der Waals surface area contributed by atoms with E-state index in [-0.39, 0.29) is 12.0 Å². The average Bonchev–Trinajstić information content (AvgIpc) is 1.97. The lowest BCUT2D eigenvalue weighted by molar-refractivity contribution is -0.119. The van der Waals surface area contributed by atoms with Crippen LogP contribution in [-0.2, 0) is 14.3 Å². The second-order valence-electron chi connectivity index (χ2n) is 2.25. The van der Waals surface area contributed by atoms with Gasteiger partial charge in [-0.15, -0.1) is 0 Å². The molecule has 0 rings (SSSR count). The van der Waals surface area contributed by atoms with Crippen molar-refractivity contribution in [2.24, 2.45) is 0 Å². The van der Waals surface area contributed by atoms with E-state index in [9.17, 15) is 4.79 Å². The number of hydrogen-bond acceptors (Lipinski definition) is 3. The molecule has 4 heteroatoms. The predicted molar refractivity (Wildman–Crippen MR) is 41.4 cm³/mol. The van der Waals surface area contributed by atoms with Gasteiger partial charge in [0, 0.05) is 27.7 Å². The van der Waals surface area contributed by atoms with E-state index in [0.717, 1.165) is 0 Å². The highest BCUT2D eigenvalue weighted by atomic mass is 16.5. The molecular weight excluding hydrogens is 146 g/mol. The Morgan fingerprint density at radius 2 is 2.18 bits per heavy atom. The quantitative estimate of drug-likeness (QED) is 0.606. The molecule has 0 bridgehead atoms. The molecule has 1 atom stereocenters. The Bertz CT molecular complexity index is 116. The summed E-state index contributed by atoms with van der Waals surface area (Å²) in [6, 6.07) is 0. The molecule has 1 N–H and O–H groups in total. The fourth-order valence-corrected chi connectivity index (χ4v) is 0.654. The van der Waals surface area contributed by atoms with Gasteiger partial charge >= 0.3 is 0 Å². The zero-order valence-corrected chi connectivity index (χ0v) is 7.22. The molecule has 1 amide bonds. The molecule has 0 fully saturated rings. The molecule has 0 aliphatic rings. The zero-order valence-electron chi connectivity index (χ0n) is 7.22. The number of nitrogens with one attached hydrogen (secondary N) is 1. The van der Waals surface area contributed by atoms with Gasteiger partial charge < -0.3 is 14.8 Å². The van der Waals surface area contributed by atoms with Crippen LogP contribution < -0.4 is 5.32 Å². The van der Waals surface area contributed by atoms with Crippen molar-refractivity contribution in [3.8, 4) is 0 Å². The monoisotopic (exact) mass is 161 g/mol. The molecule has 0 aliphatic carbocycles. The Balaban J connectivity index is 3.43. The van der Waals surface area contributed by atoms with Gasteiger partial charge in [0.25, 0.3) is 0 Å². The van der Waals surface area contributed by atoms with E-state index in [1.165, 1.54) is 6.92 Å². The topological polar surface area (TPSA) is 47.6 Å². The van der Waals surface area contributed by atoms with E-state index >= 15 is 0 Å². The summed E-state index contributed by atoms with van der Waals surface area (Å²) in [4.78, 5) is 10.5. The number of carbonyl (C=O) groups is 1. The highest BCUT2D eigenvalue weighted by Crippen LogP contribution is 1.87. The van der Waals surface area contributed by atoms with E-state index in [4.69, 9.17) is 9.47 Å². The Kier molecular flexibility index (Phi) is 5.78. The average molecular weight is 161 g/mol. The number of amides is 1. The maximum Gasteiger partial charge on any atom is 0.216 e. The first-order valence-electron chi connectivity index (χ1n) is 3.47. The molecule has 1 unspecified atom stereocenters. The summed E-state index contributed by atoms with van der Waals surface area (Å²) < 4.78 is 9.85. The van der Waals surface area contributed by atoms with Crippen molar-refractivity contribution in [3.63, 3.8) is 0 Å². The number of rotatable bonds is 5. The van der Waals surface area contributed by atoms with E-state index in [0.29, 0.717) is 13.2 Å². The second kappa shape index (κ2) is 6.12. The van der Waals surface area contributed by atoms with Crippen LogP contribution in [0.15, 0.2) is 0 Å². The van der Waals surface area contributed by atoms with E-state index in [1.54, 1.807) is 14.2 Å². The molecule has 4 nitrogen and oxygen atoms in total. The van der Waals surface area contributed by atoms with Gasteiger partial charge in [-0.05, 0) is 0 Å². The summed E-state index contributed by atoms with van der Waals surface area (Å²) in [5.41, 5.74) is 0. The highest BCUT2D eigenvalue weighted by molar-refractivity contribution is 5.72. The third-order valence-electron chi connectivity index (χ3n) is 1.26. The minimum atomic E-state index is -0.0526. The first-order valence-corrected chi connectivity index (χ1v) is 3.47. The van der Waals surface area contributed by atoms with Crippen molar-refractivity contribution >= 4 is 5.91 Å². The highest BCUT2D eigenvalue weighted by Gasteiger charge is 2.05. The summed E-state index contributed by atoms with van der Waals surface area (Å²) in [6.45, 7) is 2.47. The van der Waals surface area contributed by atoms with E-state index < -0.39 is 0 Å². The van der Waals surface area contributed by atoms with Crippen LogP contribution in [0.25, 0.3) is 0 Å². The van der Waals surface area contributed by atoms with Gasteiger partial charge in [-0.2, -0.15) is 0 Å². The van der Waals surface area contributed by atoms with Crippen molar-refractivity contribution in [2.45, 2.75) is 13.0 Å². The van der Waals surface area contributed by atoms with Gasteiger partial charge in [-0.1, -0.05) is 0 Å². The zero-order chi connectivity index (χ0) is 8.69. The predicted octanol–water partition coefficient (Wildman–Crippen LogP) is -0.216. The molecule has 11 heavy (non-hydrogen) atoms. The summed E-state index contributed by atoms with van der Waals surface area (Å²) in [5, 5.41) is 2.64. The molecule has 0 spiro atoms. The summed E-state index contributed by atoms with van der Waals surface area (Å²) in [5.74, 6) is -0.0526. The van der Waals surface area contributed by atoms with Gasteiger partial charge in [0.15, 0.2) is 0 Å². The molecule has 0 saturated heterocycles. The summed E-state index contributed by atoms with van der Waals surface area (Å²) in [7, 11) is 3.19. The third kappa shape index (κ3) is 5.82. The maximum absolute atomic E-state index is 10.5. The second-order valence-corrected chi connectivity index (χ2v) is 2.25. The molecule has 0 aromatic carbocycles. The van der Waals surface area contributed by atoms with Crippen LogP contribution in [-0.4, -0.2) is 39.4 Å². The molecule has 0 saturated carbocycles. The fourth-order valence-electron chi connectivity index (χ4n) is 0.654. The molecule has 0 radical (unpaired) electrons. The lowest BCUT2D eigenvalue weighted by Crippen LogP contribution is -2.34. The van der Waals surface area contributed by atoms with Crippen LogP contribution in [0, 0.1) is 0 Å².